The van der Waals surface area contributed by atoms with Crippen LogP contribution in [0.3, 0.4) is 0 Å². The Hall–Kier alpha value is -1.94. The predicted octanol–water partition coefficient (Wildman–Crippen LogP) is 3.74. The average Bonchev–Trinajstić information content (AvgIpc) is 2.71. The topological polar surface area (TPSA) is 37.8 Å². The quantitative estimate of drug-likeness (QED) is 0.742. The fraction of sp³-hybridized carbons (Fsp3) is 0.0769. The third-order valence-electron chi connectivity index (χ3n) is 2.46. The van der Waals surface area contributed by atoms with Crippen molar-refractivity contribution in [3.05, 3.63) is 48.3 Å². The van der Waals surface area contributed by atoms with Crippen LogP contribution in [-0.4, -0.2) is 9.97 Å². The minimum atomic E-state index is 0.901. The standard InChI is InChI=1S/C13H11N3S/c1-9-4-5-12-11(7-9)16-13(17-12)15-10-3-2-6-14-8-10/h2-8H,1H3,(H,15,16). The maximum absolute atomic E-state index is 4.55. The molecule has 0 aliphatic rings. The van der Waals surface area contributed by atoms with Crippen molar-refractivity contribution in [2.75, 3.05) is 5.32 Å². The molecule has 3 nitrogen and oxygen atoms in total. The highest BCUT2D eigenvalue weighted by Crippen LogP contribution is 2.28. The number of thiazole rings is 1. The first-order valence-electron chi connectivity index (χ1n) is 5.35. The number of rotatable bonds is 2. The lowest BCUT2D eigenvalue weighted by Crippen LogP contribution is -1.88. The molecule has 0 aliphatic carbocycles. The summed E-state index contributed by atoms with van der Waals surface area (Å²) < 4.78 is 1.20. The largest absolute Gasteiger partial charge is 0.330 e. The first-order valence-corrected chi connectivity index (χ1v) is 6.17. The molecule has 2 heterocycles. The van der Waals surface area contributed by atoms with Gasteiger partial charge in [0, 0.05) is 6.20 Å². The third-order valence-corrected chi connectivity index (χ3v) is 3.41. The average molecular weight is 241 g/mol. The summed E-state index contributed by atoms with van der Waals surface area (Å²) in [4.78, 5) is 8.61. The highest BCUT2D eigenvalue weighted by Gasteiger charge is 2.03. The second kappa shape index (κ2) is 4.14. The second-order valence-corrected chi connectivity index (χ2v) is 4.89. The summed E-state index contributed by atoms with van der Waals surface area (Å²) in [6.45, 7) is 2.08. The van der Waals surface area contributed by atoms with E-state index in [1.165, 1.54) is 10.3 Å². The summed E-state index contributed by atoms with van der Waals surface area (Å²) in [5, 5.41) is 4.16. The number of hydrogen-bond acceptors (Lipinski definition) is 4. The fourth-order valence-electron chi connectivity index (χ4n) is 1.65. The molecule has 1 aromatic carbocycles. The van der Waals surface area contributed by atoms with E-state index in [4.69, 9.17) is 0 Å². The highest BCUT2D eigenvalue weighted by molar-refractivity contribution is 7.22. The summed E-state index contributed by atoms with van der Waals surface area (Å²) in [6.07, 6.45) is 3.55. The molecule has 0 saturated carbocycles. The van der Waals surface area contributed by atoms with Gasteiger partial charge in [-0.25, -0.2) is 4.98 Å². The molecule has 0 saturated heterocycles. The van der Waals surface area contributed by atoms with Crippen LogP contribution in [0, 0.1) is 6.92 Å². The Morgan fingerprint density at radius 1 is 1.24 bits per heavy atom. The number of anilines is 2. The van der Waals surface area contributed by atoms with Crippen LogP contribution in [0.2, 0.25) is 0 Å². The van der Waals surface area contributed by atoms with Crippen molar-refractivity contribution >= 4 is 32.4 Å². The van der Waals surface area contributed by atoms with Gasteiger partial charge in [0.1, 0.15) is 0 Å². The minimum absolute atomic E-state index is 0.901. The van der Waals surface area contributed by atoms with Crippen LogP contribution in [0.1, 0.15) is 5.56 Å². The molecule has 0 amide bonds. The van der Waals surface area contributed by atoms with Gasteiger partial charge < -0.3 is 5.32 Å². The van der Waals surface area contributed by atoms with Crippen LogP contribution >= 0.6 is 11.3 Å². The normalized spacial score (nSPS) is 10.6. The molecule has 0 unspecified atom stereocenters. The van der Waals surface area contributed by atoms with E-state index in [1.807, 2.05) is 12.1 Å². The Kier molecular flexibility index (Phi) is 2.49. The Bertz CT molecular complexity index is 646. The second-order valence-electron chi connectivity index (χ2n) is 3.86. The predicted molar refractivity (Wildman–Crippen MR) is 71.9 cm³/mol. The molecule has 1 N–H and O–H groups in total. The number of benzene rings is 1. The molecule has 2 aromatic heterocycles. The van der Waals surface area contributed by atoms with Crippen molar-refractivity contribution in [2.24, 2.45) is 0 Å². The van der Waals surface area contributed by atoms with Crippen molar-refractivity contribution in [2.45, 2.75) is 6.92 Å². The summed E-state index contributed by atoms with van der Waals surface area (Å²) >= 11 is 1.65. The van der Waals surface area contributed by atoms with E-state index in [2.05, 4.69) is 40.4 Å². The Morgan fingerprint density at radius 3 is 3.00 bits per heavy atom. The van der Waals surface area contributed by atoms with Crippen LogP contribution in [0.4, 0.5) is 10.8 Å². The Morgan fingerprint density at radius 2 is 2.18 bits per heavy atom. The van der Waals surface area contributed by atoms with Gasteiger partial charge >= 0.3 is 0 Å². The Balaban J connectivity index is 1.96. The van der Waals surface area contributed by atoms with E-state index in [9.17, 15) is 0 Å². The van der Waals surface area contributed by atoms with Crippen LogP contribution in [-0.2, 0) is 0 Å². The first kappa shape index (κ1) is 10.2. The monoisotopic (exact) mass is 241 g/mol. The van der Waals surface area contributed by atoms with E-state index >= 15 is 0 Å². The summed E-state index contributed by atoms with van der Waals surface area (Å²) in [5.41, 5.74) is 3.24. The molecule has 84 valence electrons. The van der Waals surface area contributed by atoms with Gasteiger partial charge in [-0.2, -0.15) is 0 Å². The first-order chi connectivity index (χ1) is 8.31. The van der Waals surface area contributed by atoms with Gasteiger partial charge in [0.15, 0.2) is 5.13 Å². The molecular formula is C13H11N3S. The lowest BCUT2D eigenvalue weighted by atomic mass is 10.2. The van der Waals surface area contributed by atoms with Crippen LogP contribution in [0.25, 0.3) is 10.2 Å². The van der Waals surface area contributed by atoms with Gasteiger partial charge in [-0.3, -0.25) is 4.98 Å². The maximum atomic E-state index is 4.55. The molecule has 0 spiro atoms. The minimum Gasteiger partial charge on any atom is -0.330 e. The van der Waals surface area contributed by atoms with Crippen molar-refractivity contribution in [3.8, 4) is 0 Å². The van der Waals surface area contributed by atoms with Crippen molar-refractivity contribution in [1.29, 1.82) is 0 Å². The Labute approximate surface area is 103 Å². The molecular weight excluding hydrogens is 230 g/mol. The molecule has 3 rings (SSSR count). The molecule has 0 atom stereocenters. The van der Waals surface area contributed by atoms with Crippen molar-refractivity contribution in [1.82, 2.24) is 9.97 Å². The van der Waals surface area contributed by atoms with Gasteiger partial charge in [0.05, 0.1) is 22.1 Å². The fourth-order valence-corrected chi connectivity index (χ4v) is 2.52. The molecule has 0 aliphatic heterocycles. The van der Waals surface area contributed by atoms with Gasteiger partial charge in [-0.05, 0) is 36.8 Å². The van der Waals surface area contributed by atoms with Crippen molar-refractivity contribution in [3.63, 3.8) is 0 Å². The highest BCUT2D eigenvalue weighted by atomic mass is 32.1. The molecule has 17 heavy (non-hydrogen) atoms. The number of nitrogens with zero attached hydrogens (tertiary/aromatic N) is 2. The lowest BCUT2D eigenvalue weighted by Gasteiger charge is -1.99. The zero-order chi connectivity index (χ0) is 11.7. The van der Waals surface area contributed by atoms with E-state index < -0.39 is 0 Å². The number of hydrogen-bond donors (Lipinski definition) is 1. The van der Waals surface area contributed by atoms with Gasteiger partial charge in [-0.15, -0.1) is 0 Å². The van der Waals surface area contributed by atoms with E-state index in [0.29, 0.717) is 0 Å². The van der Waals surface area contributed by atoms with Crippen LogP contribution in [0.15, 0.2) is 42.7 Å². The summed E-state index contributed by atoms with van der Waals surface area (Å²) in [7, 11) is 0. The van der Waals surface area contributed by atoms with Gasteiger partial charge in [-0.1, -0.05) is 17.4 Å². The molecule has 0 bridgehead atoms. The van der Waals surface area contributed by atoms with Gasteiger partial charge in [0.25, 0.3) is 0 Å². The van der Waals surface area contributed by atoms with E-state index in [0.717, 1.165) is 16.3 Å². The number of aryl methyl sites for hydroxylation is 1. The van der Waals surface area contributed by atoms with Crippen LogP contribution in [0.5, 0.6) is 0 Å². The SMILES string of the molecule is Cc1ccc2sc(Nc3cccnc3)nc2c1. The zero-order valence-electron chi connectivity index (χ0n) is 9.34. The lowest BCUT2D eigenvalue weighted by molar-refractivity contribution is 1.31. The summed E-state index contributed by atoms with van der Waals surface area (Å²) in [5.74, 6) is 0. The van der Waals surface area contributed by atoms with E-state index in [1.54, 1.807) is 23.7 Å². The number of fused-ring (bicyclic) bond motifs is 1. The maximum Gasteiger partial charge on any atom is 0.188 e. The van der Waals surface area contributed by atoms with Gasteiger partial charge in [0.2, 0.25) is 0 Å². The summed E-state index contributed by atoms with van der Waals surface area (Å²) in [6, 6.07) is 10.2. The van der Waals surface area contributed by atoms with E-state index in [-0.39, 0.29) is 0 Å². The molecule has 3 aromatic rings. The third kappa shape index (κ3) is 2.12. The van der Waals surface area contributed by atoms with Crippen molar-refractivity contribution < 1.29 is 0 Å². The zero-order valence-corrected chi connectivity index (χ0v) is 10.2. The smallest absolute Gasteiger partial charge is 0.188 e. The molecule has 0 fully saturated rings. The molecule has 0 radical (unpaired) electrons. The number of aromatic nitrogens is 2. The molecule has 4 heteroatoms. The number of nitrogens with one attached hydrogen (secondary N) is 1. The van der Waals surface area contributed by atoms with Crippen LogP contribution < -0.4 is 5.32 Å². The number of pyridine rings is 1.